The second-order valence-electron chi connectivity index (χ2n) is 5.82. The van der Waals surface area contributed by atoms with Crippen molar-refractivity contribution >= 4 is 27.7 Å². The molecule has 0 saturated carbocycles. The molecule has 4 rings (SSSR count). The number of aromatic amines is 1. The van der Waals surface area contributed by atoms with Gasteiger partial charge in [-0.3, -0.25) is 4.79 Å². The highest BCUT2D eigenvalue weighted by Crippen LogP contribution is 2.25. The number of carbonyl (C=O) groups is 1. The van der Waals surface area contributed by atoms with E-state index in [-0.39, 0.29) is 5.91 Å². The Bertz CT molecular complexity index is 1050. The lowest BCUT2D eigenvalue weighted by molar-refractivity contribution is 0.0946. The summed E-state index contributed by atoms with van der Waals surface area (Å²) in [7, 11) is 1.63. The second-order valence-corrected chi connectivity index (χ2v) is 5.82. The fourth-order valence-electron chi connectivity index (χ4n) is 2.89. The monoisotopic (exact) mass is 331 g/mol. The molecule has 0 unspecified atom stereocenters. The standard InChI is InChI=1S/C20H17N3O2/c1-25-14-8-6-13(7-9-14)11-22-20(24)18-10-16-15-4-2-3-5-17(15)23-19(16)12-21-18/h2-10,12,23H,11H2,1H3,(H,22,24). The van der Waals surface area contributed by atoms with Crippen LogP contribution in [0.1, 0.15) is 16.1 Å². The first-order valence-electron chi connectivity index (χ1n) is 8.02. The Morgan fingerprint density at radius 1 is 1.08 bits per heavy atom. The van der Waals surface area contributed by atoms with Gasteiger partial charge in [0.2, 0.25) is 0 Å². The van der Waals surface area contributed by atoms with Gasteiger partial charge in [0.1, 0.15) is 11.4 Å². The van der Waals surface area contributed by atoms with E-state index in [0.29, 0.717) is 12.2 Å². The third-order valence-corrected chi connectivity index (χ3v) is 4.24. The van der Waals surface area contributed by atoms with Crippen LogP contribution in [0.15, 0.2) is 60.8 Å². The molecule has 2 heterocycles. The van der Waals surface area contributed by atoms with Gasteiger partial charge in [-0.15, -0.1) is 0 Å². The van der Waals surface area contributed by atoms with Crippen LogP contribution in [0.4, 0.5) is 0 Å². The van der Waals surface area contributed by atoms with Crippen LogP contribution in [-0.4, -0.2) is 23.0 Å². The molecule has 2 N–H and O–H groups in total. The topological polar surface area (TPSA) is 67.0 Å². The van der Waals surface area contributed by atoms with Crippen molar-refractivity contribution in [1.29, 1.82) is 0 Å². The Labute approximate surface area is 144 Å². The van der Waals surface area contributed by atoms with Gasteiger partial charge in [0, 0.05) is 22.8 Å². The lowest BCUT2D eigenvalue weighted by Gasteiger charge is -2.06. The smallest absolute Gasteiger partial charge is 0.270 e. The highest BCUT2D eigenvalue weighted by Gasteiger charge is 2.11. The number of nitrogens with one attached hydrogen (secondary N) is 2. The average Bonchev–Trinajstić information content (AvgIpc) is 3.04. The molecule has 25 heavy (non-hydrogen) atoms. The zero-order valence-electron chi connectivity index (χ0n) is 13.7. The highest BCUT2D eigenvalue weighted by molar-refractivity contribution is 6.09. The van der Waals surface area contributed by atoms with Crippen molar-refractivity contribution in [1.82, 2.24) is 15.3 Å². The molecule has 2 aromatic heterocycles. The van der Waals surface area contributed by atoms with Gasteiger partial charge in [-0.25, -0.2) is 4.98 Å². The van der Waals surface area contributed by atoms with Crippen molar-refractivity contribution in [2.45, 2.75) is 6.54 Å². The minimum Gasteiger partial charge on any atom is -0.497 e. The molecule has 124 valence electrons. The van der Waals surface area contributed by atoms with E-state index >= 15 is 0 Å². The highest BCUT2D eigenvalue weighted by atomic mass is 16.5. The van der Waals surface area contributed by atoms with Crippen LogP contribution in [0.5, 0.6) is 5.75 Å². The molecule has 0 fully saturated rings. The average molecular weight is 331 g/mol. The van der Waals surface area contributed by atoms with Gasteiger partial charge in [-0.05, 0) is 29.8 Å². The predicted octanol–water partition coefficient (Wildman–Crippen LogP) is 3.65. The first kappa shape index (κ1) is 15.2. The number of para-hydroxylation sites is 1. The van der Waals surface area contributed by atoms with Gasteiger partial charge in [0.15, 0.2) is 0 Å². The van der Waals surface area contributed by atoms with Crippen LogP contribution in [-0.2, 0) is 6.54 Å². The van der Waals surface area contributed by atoms with Crippen LogP contribution in [0.2, 0.25) is 0 Å². The third kappa shape index (κ3) is 2.92. The number of hydrogen-bond acceptors (Lipinski definition) is 3. The Balaban J connectivity index is 1.55. The summed E-state index contributed by atoms with van der Waals surface area (Å²) in [6.07, 6.45) is 1.71. The number of H-pyrrole nitrogens is 1. The van der Waals surface area contributed by atoms with Gasteiger partial charge >= 0.3 is 0 Å². The number of aromatic nitrogens is 2. The van der Waals surface area contributed by atoms with Crippen molar-refractivity contribution in [3.8, 4) is 5.75 Å². The van der Waals surface area contributed by atoms with Crippen molar-refractivity contribution in [2.75, 3.05) is 7.11 Å². The van der Waals surface area contributed by atoms with Crippen LogP contribution >= 0.6 is 0 Å². The molecular formula is C20H17N3O2. The van der Waals surface area contributed by atoms with E-state index < -0.39 is 0 Å². The number of benzene rings is 2. The quantitative estimate of drug-likeness (QED) is 0.600. The van der Waals surface area contributed by atoms with Gasteiger partial charge in [0.25, 0.3) is 5.91 Å². The minimum atomic E-state index is -0.192. The number of nitrogens with zero attached hydrogens (tertiary/aromatic N) is 1. The summed E-state index contributed by atoms with van der Waals surface area (Å²) in [6.45, 7) is 0.441. The lowest BCUT2D eigenvalue weighted by atomic mass is 10.1. The van der Waals surface area contributed by atoms with E-state index in [1.165, 1.54) is 0 Å². The van der Waals surface area contributed by atoms with Crippen molar-refractivity contribution in [3.05, 3.63) is 72.1 Å². The molecule has 4 aromatic rings. The fourth-order valence-corrected chi connectivity index (χ4v) is 2.89. The number of hydrogen-bond donors (Lipinski definition) is 2. The summed E-state index contributed by atoms with van der Waals surface area (Å²) in [5.74, 6) is 0.601. The number of rotatable bonds is 4. The summed E-state index contributed by atoms with van der Waals surface area (Å²) in [4.78, 5) is 20.0. The molecule has 1 amide bonds. The molecular weight excluding hydrogens is 314 g/mol. The first-order valence-corrected chi connectivity index (χ1v) is 8.02. The molecule has 0 radical (unpaired) electrons. The number of methoxy groups -OCH3 is 1. The van der Waals surface area contributed by atoms with Crippen LogP contribution in [0.25, 0.3) is 21.8 Å². The van der Waals surface area contributed by atoms with Gasteiger partial charge < -0.3 is 15.0 Å². The van der Waals surface area contributed by atoms with Crippen LogP contribution in [0, 0.1) is 0 Å². The number of amides is 1. The molecule has 0 saturated heterocycles. The molecule has 0 bridgehead atoms. The molecule has 0 aliphatic rings. The fraction of sp³-hybridized carbons (Fsp3) is 0.100. The predicted molar refractivity (Wildman–Crippen MR) is 97.8 cm³/mol. The largest absolute Gasteiger partial charge is 0.497 e. The molecule has 5 heteroatoms. The number of fused-ring (bicyclic) bond motifs is 3. The number of pyridine rings is 1. The van der Waals surface area contributed by atoms with E-state index in [9.17, 15) is 4.79 Å². The summed E-state index contributed by atoms with van der Waals surface area (Å²) >= 11 is 0. The SMILES string of the molecule is COc1ccc(CNC(=O)c2cc3c(cn2)[nH]c2ccccc23)cc1. The lowest BCUT2D eigenvalue weighted by Crippen LogP contribution is -2.23. The van der Waals surface area contributed by atoms with Gasteiger partial charge in [-0.2, -0.15) is 0 Å². The minimum absolute atomic E-state index is 0.192. The molecule has 0 spiro atoms. The third-order valence-electron chi connectivity index (χ3n) is 4.24. The van der Waals surface area contributed by atoms with Crippen LogP contribution < -0.4 is 10.1 Å². The zero-order valence-corrected chi connectivity index (χ0v) is 13.7. The number of carbonyl (C=O) groups excluding carboxylic acids is 1. The maximum absolute atomic E-state index is 12.4. The van der Waals surface area contributed by atoms with Crippen molar-refractivity contribution in [2.24, 2.45) is 0 Å². The second kappa shape index (κ2) is 6.28. The van der Waals surface area contributed by atoms with Gasteiger partial charge in [-0.1, -0.05) is 30.3 Å². The Morgan fingerprint density at radius 2 is 1.88 bits per heavy atom. The van der Waals surface area contributed by atoms with E-state index in [2.05, 4.69) is 15.3 Å². The summed E-state index contributed by atoms with van der Waals surface area (Å²) < 4.78 is 5.13. The zero-order chi connectivity index (χ0) is 17.2. The molecule has 0 atom stereocenters. The van der Waals surface area contributed by atoms with Crippen LogP contribution in [0.3, 0.4) is 0 Å². The summed E-state index contributed by atoms with van der Waals surface area (Å²) in [6, 6.07) is 17.4. The molecule has 0 aliphatic heterocycles. The maximum atomic E-state index is 12.4. The van der Waals surface area contributed by atoms with E-state index in [1.807, 2.05) is 54.6 Å². The summed E-state index contributed by atoms with van der Waals surface area (Å²) in [5, 5.41) is 4.99. The first-order chi connectivity index (χ1) is 12.2. The van der Waals surface area contributed by atoms with E-state index in [4.69, 9.17) is 4.74 Å². The molecule has 2 aromatic carbocycles. The van der Waals surface area contributed by atoms with E-state index in [1.54, 1.807) is 13.3 Å². The van der Waals surface area contributed by atoms with E-state index in [0.717, 1.165) is 33.1 Å². The Hall–Kier alpha value is -3.34. The molecule has 5 nitrogen and oxygen atoms in total. The normalized spacial score (nSPS) is 10.9. The molecule has 0 aliphatic carbocycles. The number of ether oxygens (including phenoxy) is 1. The summed E-state index contributed by atoms with van der Waals surface area (Å²) in [5.41, 5.74) is 3.37. The van der Waals surface area contributed by atoms with Crippen molar-refractivity contribution in [3.63, 3.8) is 0 Å². The van der Waals surface area contributed by atoms with Crippen molar-refractivity contribution < 1.29 is 9.53 Å². The maximum Gasteiger partial charge on any atom is 0.270 e. The van der Waals surface area contributed by atoms with Gasteiger partial charge in [0.05, 0.1) is 18.8 Å². The Kier molecular flexibility index (Phi) is 3.82. The Morgan fingerprint density at radius 3 is 2.68 bits per heavy atom.